The average molecular weight is 409 g/mol. The largest absolute Gasteiger partial charge is 0.371 e. The summed E-state index contributed by atoms with van der Waals surface area (Å²) in [4.78, 5) is 21.3. The van der Waals surface area contributed by atoms with E-state index in [4.69, 9.17) is 5.84 Å². The van der Waals surface area contributed by atoms with Gasteiger partial charge in [-0.2, -0.15) is 0 Å². The summed E-state index contributed by atoms with van der Waals surface area (Å²) in [5.41, 5.74) is 5.57. The van der Waals surface area contributed by atoms with E-state index in [-0.39, 0.29) is 12.2 Å². The average Bonchev–Trinajstić information content (AvgIpc) is 2.78. The van der Waals surface area contributed by atoms with Gasteiger partial charge >= 0.3 is 0 Å². The number of hydrazine groups is 1. The molecule has 0 saturated heterocycles. The molecule has 7 N–H and O–H groups in total. The van der Waals surface area contributed by atoms with Crippen molar-refractivity contribution < 1.29 is 4.79 Å². The third kappa shape index (κ3) is 6.03. The number of aliphatic imine (C=N–C) groups is 1. The maximum absolute atomic E-state index is 12.8. The number of nitrogens with zero attached hydrogens (tertiary/aromatic N) is 2. The van der Waals surface area contributed by atoms with Crippen molar-refractivity contribution in [3.8, 4) is 0 Å². The number of nitrogens with one attached hydrogen (secondary N) is 5. The fourth-order valence-corrected chi connectivity index (χ4v) is 2.93. The van der Waals surface area contributed by atoms with Crippen molar-refractivity contribution >= 4 is 23.5 Å². The predicted octanol–water partition coefficient (Wildman–Crippen LogP) is 1.31. The van der Waals surface area contributed by atoms with Gasteiger partial charge in [0, 0.05) is 37.4 Å². The lowest BCUT2D eigenvalue weighted by atomic mass is 10.2. The van der Waals surface area contributed by atoms with Crippen LogP contribution >= 0.6 is 0 Å². The smallest absolute Gasteiger partial charge is 0.260 e. The van der Waals surface area contributed by atoms with E-state index in [2.05, 4.69) is 43.6 Å². The quantitative estimate of drug-likeness (QED) is 0.258. The maximum Gasteiger partial charge on any atom is 0.260 e. The fraction of sp³-hybridized carbons (Fsp3) is 0.286. The third-order valence-corrected chi connectivity index (χ3v) is 4.49. The van der Waals surface area contributed by atoms with Crippen LogP contribution in [0, 0.1) is 0 Å². The Morgan fingerprint density at radius 1 is 1.17 bits per heavy atom. The highest BCUT2D eigenvalue weighted by molar-refractivity contribution is 6.18. The molecule has 0 fully saturated rings. The Labute approximate surface area is 176 Å². The van der Waals surface area contributed by atoms with E-state index in [1.165, 1.54) is 5.56 Å². The highest BCUT2D eigenvalue weighted by Crippen LogP contribution is 2.15. The van der Waals surface area contributed by atoms with Gasteiger partial charge in [-0.15, -0.1) is 0 Å². The Morgan fingerprint density at radius 2 is 1.97 bits per heavy atom. The van der Waals surface area contributed by atoms with Crippen LogP contribution in [0.2, 0.25) is 0 Å². The zero-order valence-corrected chi connectivity index (χ0v) is 17.0. The molecule has 1 aromatic heterocycles. The van der Waals surface area contributed by atoms with E-state index in [0.29, 0.717) is 22.8 Å². The van der Waals surface area contributed by atoms with Crippen molar-refractivity contribution in [2.24, 2.45) is 10.8 Å². The van der Waals surface area contributed by atoms with E-state index >= 15 is 0 Å². The number of hydrogen-bond acceptors (Lipinski definition) is 8. The van der Waals surface area contributed by atoms with E-state index in [0.717, 1.165) is 25.9 Å². The summed E-state index contributed by atoms with van der Waals surface area (Å²) >= 11 is 0. The number of carbonyl (C=O) groups excluding carboxylic acids is 1. The lowest BCUT2D eigenvalue weighted by Crippen LogP contribution is -2.48. The minimum Gasteiger partial charge on any atom is -0.371 e. The molecule has 0 spiro atoms. The van der Waals surface area contributed by atoms with Gasteiger partial charge in [0.05, 0.1) is 11.3 Å². The van der Waals surface area contributed by atoms with Crippen molar-refractivity contribution in [1.29, 1.82) is 0 Å². The zero-order valence-electron chi connectivity index (χ0n) is 17.0. The van der Waals surface area contributed by atoms with Gasteiger partial charge in [0.1, 0.15) is 5.82 Å². The summed E-state index contributed by atoms with van der Waals surface area (Å²) < 4.78 is 0. The molecule has 9 nitrogen and oxygen atoms in total. The van der Waals surface area contributed by atoms with Crippen LogP contribution in [0.25, 0.3) is 0 Å². The van der Waals surface area contributed by atoms with Crippen molar-refractivity contribution in [1.82, 2.24) is 20.9 Å². The highest BCUT2D eigenvalue weighted by Gasteiger charge is 2.21. The molecule has 2 heterocycles. The number of nitrogen functional groups attached to an aromatic ring is 1. The molecule has 1 aliphatic rings. The lowest BCUT2D eigenvalue weighted by Gasteiger charge is -2.25. The minimum absolute atomic E-state index is 0.255. The molecule has 1 aliphatic heterocycles. The first kappa shape index (κ1) is 21.3. The van der Waals surface area contributed by atoms with Gasteiger partial charge in [-0.1, -0.05) is 13.0 Å². The Kier molecular flexibility index (Phi) is 7.76. The van der Waals surface area contributed by atoms with Gasteiger partial charge < -0.3 is 21.4 Å². The van der Waals surface area contributed by atoms with Crippen LogP contribution in [0.3, 0.4) is 0 Å². The van der Waals surface area contributed by atoms with Gasteiger partial charge in [-0.05, 0) is 48.7 Å². The Balaban J connectivity index is 1.62. The molecule has 1 atom stereocenters. The van der Waals surface area contributed by atoms with Gasteiger partial charge in [-0.3, -0.25) is 25.9 Å². The lowest BCUT2D eigenvalue weighted by molar-refractivity contribution is -0.112. The molecule has 2 aromatic rings. The Hall–Kier alpha value is -3.43. The van der Waals surface area contributed by atoms with Crippen molar-refractivity contribution in [3.63, 3.8) is 0 Å². The Morgan fingerprint density at radius 3 is 2.73 bits per heavy atom. The second-order valence-corrected chi connectivity index (χ2v) is 6.78. The molecule has 158 valence electrons. The number of anilines is 2. The van der Waals surface area contributed by atoms with Crippen LogP contribution < -0.4 is 32.5 Å². The SMILES string of the molecule is CCCNC1=C(C(=O)Nc2cccc(NN)c2)C=NC(NCCc2ccncc2)N1. The van der Waals surface area contributed by atoms with Crippen LogP contribution in [-0.2, 0) is 11.2 Å². The minimum atomic E-state index is -0.312. The number of aromatic nitrogens is 1. The van der Waals surface area contributed by atoms with Crippen LogP contribution in [0.5, 0.6) is 0 Å². The number of pyridine rings is 1. The number of hydrogen-bond donors (Lipinski definition) is 6. The molecular formula is C21H28N8O. The normalized spacial score (nSPS) is 15.5. The van der Waals surface area contributed by atoms with Crippen molar-refractivity contribution in [2.75, 3.05) is 23.8 Å². The van der Waals surface area contributed by atoms with Gasteiger partial charge in [0.2, 0.25) is 0 Å². The number of nitrogens with two attached hydrogens (primary N) is 1. The number of amides is 1. The van der Waals surface area contributed by atoms with Crippen LogP contribution in [0.1, 0.15) is 18.9 Å². The standard InChI is InChI=1S/C21H28N8O/c1-2-9-24-19-18(20(30)27-16-4-3-5-17(13-16)29-22)14-26-21(28-19)25-12-8-15-6-10-23-11-7-15/h3-7,10-11,13-14,21,24-25,28-29H,2,8-9,12,22H2,1H3,(H,27,30). The van der Waals surface area contributed by atoms with E-state index < -0.39 is 0 Å². The van der Waals surface area contributed by atoms with Crippen LogP contribution in [0.4, 0.5) is 11.4 Å². The third-order valence-electron chi connectivity index (χ3n) is 4.49. The van der Waals surface area contributed by atoms with E-state index in [1.54, 1.807) is 30.7 Å². The molecule has 30 heavy (non-hydrogen) atoms. The first-order valence-electron chi connectivity index (χ1n) is 9.97. The first-order chi connectivity index (χ1) is 14.7. The van der Waals surface area contributed by atoms with Crippen molar-refractivity contribution in [3.05, 3.63) is 65.7 Å². The second-order valence-electron chi connectivity index (χ2n) is 6.78. The zero-order chi connectivity index (χ0) is 21.2. The van der Waals surface area contributed by atoms with Crippen molar-refractivity contribution in [2.45, 2.75) is 26.1 Å². The summed E-state index contributed by atoms with van der Waals surface area (Å²) in [5, 5.41) is 12.8. The molecule has 1 amide bonds. The monoisotopic (exact) mass is 408 g/mol. The summed E-state index contributed by atoms with van der Waals surface area (Å²) in [6.45, 7) is 3.55. The highest BCUT2D eigenvalue weighted by atomic mass is 16.1. The van der Waals surface area contributed by atoms with Gasteiger partial charge in [0.15, 0.2) is 6.29 Å². The molecule has 1 aromatic carbocycles. The van der Waals surface area contributed by atoms with Crippen LogP contribution in [-0.4, -0.2) is 36.5 Å². The first-order valence-corrected chi connectivity index (χ1v) is 9.97. The topological polar surface area (TPSA) is 128 Å². The maximum atomic E-state index is 12.8. The summed E-state index contributed by atoms with van der Waals surface area (Å²) in [6.07, 6.45) is 6.64. The Bertz CT molecular complexity index is 897. The molecule has 9 heteroatoms. The summed E-state index contributed by atoms with van der Waals surface area (Å²) in [7, 11) is 0. The number of carbonyl (C=O) groups is 1. The number of benzene rings is 1. The van der Waals surface area contributed by atoms with Gasteiger partial charge in [-0.25, -0.2) is 0 Å². The van der Waals surface area contributed by atoms with Gasteiger partial charge in [0.25, 0.3) is 5.91 Å². The molecular weight excluding hydrogens is 380 g/mol. The molecule has 0 saturated carbocycles. The van der Waals surface area contributed by atoms with E-state index in [1.807, 2.05) is 24.3 Å². The molecule has 1 unspecified atom stereocenters. The predicted molar refractivity (Wildman–Crippen MR) is 120 cm³/mol. The fourth-order valence-electron chi connectivity index (χ4n) is 2.93. The molecule has 3 rings (SSSR count). The van der Waals surface area contributed by atoms with E-state index in [9.17, 15) is 4.79 Å². The molecule has 0 aliphatic carbocycles. The summed E-state index contributed by atoms with van der Waals surface area (Å²) in [6, 6.07) is 11.2. The number of rotatable bonds is 10. The summed E-state index contributed by atoms with van der Waals surface area (Å²) in [5.74, 6) is 5.83. The molecule has 0 bridgehead atoms. The van der Waals surface area contributed by atoms with Crippen LogP contribution in [0.15, 0.2) is 65.2 Å². The second kappa shape index (κ2) is 10.9. The molecule has 0 radical (unpaired) electrons.